The molecular formula is C9H15NO. The van der Waals surface area contributed by atoms with Crippen LogP contribution in [0.25, 0.3) is 0 Å². The van der Waals surface area contributed by atoms with E-state index in [2.05, 4.69) is 24.1 Å². The third-order valence-corrected chi connectivity index (χ3v) is 1.34. The van der Waals surface area contributed by atoms with Crippen LogP contribution in [0.1, 0.15) is 33.6 Å². The number of rotatable bonds is 3. The molecule has 1 N–H and O–H groups in total. The number of carbonyl (C=O) groups is 1. The predicted octanol–water partition coefficient (Wildman–Crippen LogP) is 1.31. The monoisotopic (exact) mass is 153 g/mol. The Morgan fingerprint density at radius 2 is 2.27 bits per heavy atom. The minimum absolute atomic E-state index is 0.173. The first-order valence-electron chi connectivity index (χ1n) is 3.94. The van der Waals surface area contributed by atoms with Crippen molar-refractivity contribution >= 4 is 5.91 Å². The lowest BCUT2D eigenvalue weighted by molar-refractivity contribution is -0.116. The highest BCUT2D eigenvalue weighted by Crippen LogP contribution is 1.93. The Hall–Kier alpha value is -0.970. The molecule has 1 amide bonds. The lowest BCUT2D eigenvalue weighted by Gasteiger charge is -2.08. The number of hydrogen-bond donors (Lipinski definition) is 1. The quantitative estimate of drug-likeness (QED) is 0.609. The fraction of sp³-hybridized carbons (Fsp3) is 0.667. The van der Waals surface area contributed by atoms with Crippen LogP contribution in [0.5, 0.6) is 0 Å². The molecule has 0 spiro atoms. The van der Waals surface area contributed by atoms with Crippen molar-refractivity contribution < 1.29 is 4.79 Å². The molecule has 0 radical (unpaired) electrons. The Kier molecular flexibility index (Phi) is 5.28. The largest absolute Gasteiger partial charge is 0.343 e. The summed E-state index contributed by atoms with van der Waals surface area (Å²) in [5, 5.41) is 2.77. The summed E-state index contributed by atoms with van der Waals surface area (Å²) in [5.41, 5.74) is 0. The maximum atomic E-state index is 10.8. The van der Waals surface area contributed by atoms with Crippen molar-refractivity contribution in [2.75, 3.05) is 0 Å². The molecule has 2 heteroatoms. The lowest BCUT2D eigenvalue weighted by atomic mass is 10.2. The first-order chi connectivity index (χ1) is 5.20. The van der Waals surface area contributed by atoms with Crippen LogP contribution in [0.3, 0.4) is 0 Å². The topological polar surface area (TPSA) is 29.1 Å². The van der Waals surface area contributed by atoms with E-state index in [0.29, 0.717) is 0 Å². The second kappa shape index (κ2) is 5.79. The molecule has 0 saturated heterocycles. The molecule has 0 rings (SSSR count). The molecule has 0 fully saturated rings. The summed E-state index contributed by atoms with van der Waals surface area (Å²) in [6.07, 6.45) is 2.10. The highest BCUT2D eigenvalue weighted by Gasteiger charge is 2.01. The summed E-state index contributed by atoms with van der Waals surface area (Å²) in [5.74, 6) is 4.81. The maximum absolute atomic E-state index is 10.8. The number of hydrogen-bond acceptors (Lipinski definition) is 1. The van der Waals surface area contributed by atoms with Crippen LogP contribution < -0.4 is 5.32 Å². The molecule has 0 aliphatic carbocycles. The summed E-state index contributed by atoms with van der Waals surface area (Å²) in [7, 11) is 0. The van der Waals surface area contributed by atoms with Gasteiger partial charge in [0.25, 0.3) is 5.91 Å². The van der Waals surface area contributed by atoms with E-state index in [1.54, 1.807) is 6.92 Å². The molecule has 0 aromatic rings. The van der Waals surface area contributed by atoms with Gasteiger partial charge in [-0.1, -0.05) is 19.3 Å². The van der Waals surface area contributed by atoms with Gasteiger partial charge in [0.05, 0.1) is 0 Å². The molecule has 0 aromatic carbocycles. The van der Waals surface area contributed by atoms with Crippen molar-refractivity contribution in [2.45, 2.75) is 39.7 Å². The second-order valence-electron chi connectivity index (χ2n) is 2.54. The minimum atomic E-state index is -0.173. The van der Waals surface area contributed by atoms with Crippen LogP contribution in [-0.2, 0) is 4.79 Å². The minimum Gasteiger partial charge on any atom is -0.343 e. The Bertz CT molecular complexity index is 176. The molecule has 0 aliphatic heterocycles. The van der Waals surface area contributed by atoms with Crippen molar-refractivity contribution in [1.82, 2.24) is 5.32 Å². The first-order valence-corrected chi connectivity index (χ1v) is 3.94. The summed E-state index contributed by atoms with van der Waals surface area (Å²) < 4.78 is 0. The van der Waals surface area contributed by atoms with E-state index in [0.717, 1.165) is 12.8 Å². The Labute approximate surface area is 68.4 Å². The van der Waals surface area contributed by atoms with Crippen molar-refractivity contribution in [2.24, 2.45) is 0 Å². The average Bonchev–Trinajstić information content (AvgIpc) is 1.87. The second-order valence-corrected chi connectivity index (χ2v) is 2.54. The Balaban J connectivity index is 3.63. The average molecular weight is 153 g/mol. The summed E-state index contributed by atoms with van der Waals surface area (Å²) in [6.45, 7) is 5.73. The summed E-state index contributed by atoms with van der Waals surface area (Å²) in [6, 6.07) is 0.244. The number of nitrogens with one attached hydrogen (secondary N) is 1. The van der Waals surface area contributed by atoms with Crippen LogP contribution in [0.2, 0.25) is 0 Å². The van der Waals surface area contributed by atoms with Crippen molar-refractivity contribution in [3.63, 3.8) is 0 Å². The van der Waals surface area contributed by atoms with Crippen molar-refractivity contribution in [3.05, 3.63) is 0 Å². The molecule has 0 heterocycles. The third-order valence-electron chi connectivity index (χ3n) is 1.34. The fourth-order valence-electron chi connectivity index (χ4n) is 0.879. The van der Waals surface area contributed by atoms with Gasteiger partial charge in [0.2, 0.25) is 0 Å². The van der Waals surface area contributed by atoms with Crippen LogP contribution in [0.15, 0.2) is 0 Å². The van der Waals surface area contributed by atoms with E-state index in [4.69, 9.17) is 0 Å². The molecule has 62 valence electrons. The zero-order valence-electron chi connectivity index (χ0n) is 7.40. The van der Waals surface area contributed by atoms with Gasteiger partial charge in [0.1, 0.15) is 0 Å². The van der Waals surface area contributed by atoms with Crippen LogP contribution in [0, 0.1) is 11.8 Å². The Morgan fingerprint density at radius 3 is 2.73 bits per heavy atom. The zero-order chi connectivity index (χ0) is 8.69. The van der Waals surface area contributed by atoms with E-state index in [1.165, 1.54) is 0 Å². The maximum Gasteiger partial charge on any atom is 0.296 e. The Morgan fingerprint density at radius 1 is 1.64 bits per heavy atom. The van der Waals surface area contributed by atoms with Crippen molar-refractivity contribution in [1.29, 1.82) is 0 Å². The van der Waals surface area contributed by atoms with E-state index in [9.17, 15) is 4.79 Å². The van der Waals surface area contributed by atoms with Gasteiger partial charge in [-0.2, -0.15) is 0 Å². The van der Waals surface area contributed by atoms with E-state index in [-0.39, 0.29) is 11.9 Å². The molecule has 0 aliphatic rings. The highest BCUT2D eigenvalue weighted by molar-refractivity contribution is 5.93. The lowest BCUT2D eigenvalue weighted by Crippen LogP contribution is -2.31. The summed E-state index contributed by atoms with van der Waals surface area (Å²) in [4.78, 5) is 10.8. The molecular weight excluding hydrogens is 138 g/mol. The van der Waals surface area contributed by atoms with Crippen LogP contribution in [0.4, 0.5) is 0 Å². The standard InChI is InChI=1S/C9H15NO/c1-4-6-8(3)10-9(11)7-5-2/h8H,4,6H2,1-3H3,(H,10,11)/t8-/m1/s1. The molecule has 1 atom stereocenters. The van der Waals surface area contributed by atoms with Gasteiger partial charge >= 0.3 is 0 Å². The molecule has 0 aromatic heterocycles. The number of carbonyl (C=O) groups excluding carboxylic acids is 1. The van der Waals surface area contributed by atoms with Gasteiger partial charge in [-0.3, -0.25) is 4.79 Å². The van der Waals surface area contributed by atoms with Crippen LogP contribution in [-0.4, -0.2) is 11.9 Å². The van der Waals surface area contributed by atoms with Gasteiger partial charge in [0.15, 0.2) is 0 Å². The van der Waals surface area contributed by atoms with Gasteiger partial charge < -0.3 is 5.32 Å². The van der Waals surface area contributed by atoms with Gasteiger partial charge in [-0.05, 0) is 26.2 Å². The smallest absolute Gasteiger partial charge is 0.296 e. The molecule has 0 bridgehead atoms. The first kappa shape index (κ1) is 10.0. The normalized spacial score (nSPS) is 11.2. The van der Waals surface area contributed by atoms with Crippen molar-refractivity contribution in [3.8, 4) is 11.8 Å². The highest BCUT2D eigenvalue weighted by atomic mass is 16.1. The summed E-state index contributed by atoms with van der Waals surface area (Å²) >= 11 is 0. The predicted molar refractivity (Wildman–Crippen MR) is 46.0 cm³/mol. The van der Waals surface area contributed by atoms with E-state index in [1.807, 2.05) is 6.92 Å². The number of amides is 1. The van der Waals surface area contributed by atoms with E-state index < -0.39 is 0 Å². The molecule has 11 heavy (non-hydrogen) atoms. The molecule has 0 unspecified atom stereocenters. The molecule has 2 nitrogen and oxygen atoms in total. The third kappa shape index (κ3) is 5.47. The van der Waals surface area contributed by atoms with Crippen LogP contribution >= 0.6 is 0 Å². The fourth-order valence-corrected chi connectivity index (χ4v) is 0.879. The molecule has 0 saturated carbocycles. The van der Waals surface area contributed by atoms with E-state index >= 15 is 0 Å². The van der Waals surface area contributed by atoms with Gasteiger partial charge in [0, 0.05) is 6.04 Å². The van der Waals surface area contributed by atoms with Gasteiger partial charge in [-0.25, -0.2) is 0 Å². The SMILES string of the molecule is CC#CC(=O)N[C@H](C)CCC. The zero-order valence-corrected chi connectivity index (χ0v) is 7.40. The van der Waals surface area contributed by atoms with Gasteiger partial charge in [-0.15, -0.1) is 0 Å².